The normalized spacial score (nSPS) is 12.4. The van der Waals surface area contributed by atoms with E-state index in [9.17, 15) is 4.79 Å². The van der Waals surface area contributed by atoms with Gasteiger partial charge in [-0.1, -0.05) is 0 Å². The highest BCUT2D eigenvalue weighted by Crippen LogP contribution is 1.97. The van der Waals surface area contributed by atoms with Gasteiger partial charge in [0.15, 0.2) is 6.29 Å². The molecule has 0 bridgehead atoms. The maximum Gasteiger partial charge on any atom is 0.311 e. The molecule has 0 aliphatic heterocycles. The third kappa shape index (κ3) is 3.89. The van der Waals surface area contributed by atoms with Gasteiger partial charge in [0.05, 0.1) is 0 Å². The summed E-state index contributed by atoms with van der Waals surface area (Å²) in [4.78, 5) is 9.82. The molecule has 1 unspecified atom stereocenters. The number of hydrogen-bond donors (Lipinski definition) is 3. The Kier molecular flexibility index (Phi) is 5.28. The van der Waals surface area contributed by atoms with E-state index in [1.54, 1.807) is 0 Å². The second-order valence-electron chi connectivity index (χ2n) is 1.54. The van der Waals surface area contributed by atoms with Crippen LogP contribution in [0.25, 0.3) is 0 Å². The van der Waals surface area contributed by atoms with Crippen LogP contribution >= 0.6 is 0 Å². The highest BCUT2D eigenvalue weighted by Gasteiger charge is 2.17. The lowest BCUT2D eigenvalue weighted by atomic mass is 10.2. The molecule has 0 heterocycles. The molecule has 0 spiro atoms. The van der Waals surface area contributed by atoms with E-state index in [0.717, 1.165) is 0 Å². The zero-order chi connectivity index (χ0) is 6.73. The van der Waals surface area contributed by atoms with Gasteiger partial charge < -0.3 is 20.8 Å². The van der Waals surface area contributed by atoms with Crippen molar-refractivity contribution in [3.63, 3.8) is 0 Å². The van der Waals surface area contributed by atoms with Crippen LogP contribution in [-0.2, 0) is 4.79 Å². The van der Waals surface area contributed by atoms with Gasteiger partial charge >= 0.3 is 5.97 Å². The molecule has 5 N–H and O–H groups in total. The number of hydrogen-bond acceptors (Lipinski definition) is 3. The topological polar surface area (TPSA) is 109 Å². The van der Waals surface area contributed by atoms with Crippen LogP contribution in [0.5, 0.6) is 0 Å². The molecule has 56 valence electrons. The van der Waals surface area contributed by atoms with Crippen molar-refractivity contribution < 1.29 is 25.6 Å². The summed E-state index contributed by atoms with van der Waals surface area (Å²) in [6, 6.07) is 0. The van der Waals surface area contributed by atoms with Gasteiger partial charge in [0.2, 0.25) is 0 Å². The summed E-state index contributed by atoms with van der Waals surface area (Å²) in [5.41, 5.74) is 0. The number of carbonyl (C=O) groups is 1. The molecule has 0 aromatic heterocycles. The molecule has 0 fully saturated rings. The molecule has 0 aliphatic rings. The SMILES string of the molecule is CC(C(=O)O)C(O)O.O. The highest BCUT2D eigenvalue weighted by atomic mass is 16.5. The minimum absolute atomic E-state index is 0. The quantitative estimate of drug-likeness (QED) is 0.391. The molecule has 9 heavy (non-hydrogen) atoms. The molecular formula is C4H10O5. The fourth-order valence-corrected chi connectivity index (χ4v) is 0.128. The van der Waals surface area contributed by atoms with Crippen LogP contribution in [0.2, 0.25) is 0 Å². The van der Waals surface area contributed by atoms with E-state index in [1.165, 1.54) is 6.92 Å². The molecule has 0 aromatic carbocycles. The monoisotopic (exact) mass is 138 g/mol. The summed E-state index contributed by atoms with van der Waals surface area (Å²) in [6.45, 7) is 1.22. The molecule has 0 saturated carbocycles. The number of aliphatic hydroxyl groups excluding tert-OH is 1. The predicted molar refractivity (Wildman–Crippen MR) is 28.6 cm³/mol. The van der Waals surface area contributed by atoms with Gasteiger partial charge in [-0.15, -0.1) is 0 Å². The number of rotatable bonds is 2. The molecule has 5 heteroatoms. The van der Waals surface area contributed by atoms with Crippen molar-refractivity contribution in [2.45, 2.75) is 13.2 Å². The lowest BCUT2D eigenvalue weighted by Crippen LogP contribution is -2.24. The van der Waals surface area contributed by atoms with Crippen LogP contribution in [-0.4, -0.2) is 33.1 Å². The molecule has 0 saturated heterocycles. The van der Waals surface area contributed by atoms with Crippen LogP contribution in [0.1, 0.15) is 6.92 Å². The Bertz CT molecular complexity index is 89.0. The third-order valence-corrected chi connectivity index (χ3v) is 0.837. The summed E-state index contributed by atoms with van der Waals surface area (Å²) >= 11 is 0. The van der Waals surface area contributed by atoms with Crippen molar-refractivity contribution in [2.75, 3.05) is 0 Å². The van der Waals surface area contributed by atoms with Crippen LogP contribution < -0.4 is 0 Å². The number of aliphatic carboxylic acids is 1. The first-order chi connectivity index (χ1) is 3.55. The molecule has 0 radical (unpaired) electrons. The Morgan fingerprint density at radius 3 is 1.78 bits per heavy atom. The Morgan fingerprint density at radius 1 is 1.44 bits per heavy atom. The van der Waals surface area contributed by atoms with Crippen molar-refractivity contribution in [3.05, 3.63) is 0 Å². The van der Waals surface area contributed by atoms with Crippen LogP contribution in [0.3, 0.4) is 0 Å². The van der Waals surface area contributed by atoms with Crippen molar-refractivity contribution in [1.82, 2.24) is 0 Å². The second kappa shape index (κ2) is 4.25. The summed E-state index contributed by atoms with van der Waals surface area (Å²) in [5, 5.41) is 24.4. The fraction of sp³-hybridized carbons (Fsp3) is 0.750. The Morgan fingerprint density at radius 2 is 1.78 bits per heavy atom. The number of aliphatic hydroxyl groups is 2. The number of carboxylic acid groups (broad SMARTS) is 1. The number of carboxylic acids is 1. The van der Waals surface area contributed by atoms with E-state index in [0.29, 0.717) is 0 Å². The Balaban J connectivity index is 0. The first-order valence-corrected chi connectivity index (χ1v) is 2.14. The van der Waals surface area contributed by atoms with E-state index in [4.69, 9.17) is 15.3 Å². The average Bonchev–Trinajstić information content (AvgIpc) is 1.64. The van der Waals surface area contributed by atoms with Crippen molar-refractivity contribution >= 4 is 5.97 Å². The van der Waals surface area contributed by atoms with Crippen molar-refractivity contribution in [1.29, 1.82) is 0 Å². The summed E-state index contributed by atoms with van der Waals surface area (Å²) in [5.74, 6) is -2.31. The van der Waals surface area contributed by atoms with E-state index in [-0.39, 0.29) is 5.48 Å². The standard InChI is InChI=1S/C4H8O4.H2O/c1-2(3(5)6)4(7)8;/h2-3,5-6H,1H3,(H,7,8);1H2. The van der Waals surface area contributed by atoms with Gasteiger partial charge in [0.1, 0.15) is 5.92 Å². The largest absolute Gasteiger partial charge is 0.481 e. The van der Waals surface area contributed by atoms with Gasteiger partial charge in [-0.3, -0.25) is 4.79 Å². The lowest BCUT2D eigenvalue weighted by Gasteiger charge is -2.05. The predicted octanol–water partition coefficient (Wildman–Crippen LogP) is -1.81. The fourth-order valence-electron chi connectivity index (χ4n) is 0.128. The van der Waals surface area contributed by atoms with E-state index >= 15 is 0 Å². The summed E-state index contributed by atoms with van der Waals surface area (Å²) in [7, 11) is 0. The third-order valence-electron chi connectivity index (χ3n) is 0.837. The van der Waals surface area contributed by atoms with Crippen LogP contribution in [0.15, 0.2) is 0 Å². The maximum absolute atomic E-state index is 9.82. The molecule has 0 aromatic rings. The van der Waals surface area contributed by atoms with Crippen LogP contribution in [0.4, 0.5) is 0 Å². The highest BCUT2D eigenvalue weighted by molar-refractivity contribution is 5.69. The lowest BCUT2D eigenvalue weighted by molar-refractivity contribution is -0.156. The zero-order valence-corrected chi connectivity index (χ0v) is 4.90. The Labute approximate surface area is 51.9 Å². The minimum Gasteiger partial charge on any atom is -0.481 e. The van der Waals surface area contributed by atoms with Gasteiger partial charge in [-0.05, 0) is 6.92 Å². The molecule has 1 atom stereocenters. The maximum atomic E-state index is 9.82. The first-order valence-electron chi connectivity index (χ1n) is 2.14. The minimum atomic E-state index is -1.76. The molecule has 0 rings (SSSR count). The molecule has 0 amide bonds. The van der Waals surface area contributed by atoms with Gasteiger partial charge in [0, 0.05) is 0 Å². The van der Waals surface area contributed by atoms with Gasteiger partial charge in [-0.25, -0.2) is 0 Å². The molecule has 5 nitrogen and oxygen atoms in total. The van der Waals surface area contributed by atoms with E-state index in [1.807, 2.05) is 0 Å². The smallest absolute Gasteiger partial charge is 0.311 e. The van der Waals surface area contributed by atoms with Gasteiger partial charge in [0.25, 0.3) is 0 Å². The van der Waals surface area contributed by atoms with E-state index in [2.05, 4.69) is 0 Å². The average molecular weight is 138 g/mol. The second-order valence-corrected chi connectivity index (χ2v) is 1.54. The molecule has 0 aliphatic carbocycles. The summed E-state index contributed by atoms with van der Waals surface area (Å²) < 4.78 is 0. The van der Waals surface area contributed by atoms with E-state index < -0.39 is 18.2 Å². The van der Waals surface area contributed by atoms with Crippen LogP contribution in [0, 0.1) is 5.92 Å². The van der Waals surface area contributed by atoms with Crippen molar-refractivity contribution in [2.24, 2.45) is 5.92 Å². The summed E-state index contributed by atoms with van der Waals surface area (Å²) in [6.07, 6.45) is -1.76. The van der Waals surface area contributed by atoms with Crippen molar-refractivity contribution in [3.8, 4) is 0 Å². The first kappa shape index (κ1) is 11.2. The Hall–Kier alpha value is -0.650. The molecular weight excluding hydrogens is 128 g/mol. The zero-order valence-electron chi connectivity index (χ0n) is 4.90. The van der Waals surface area contributed by atoms with Gasteiger partial charge in [-0.2, -0.15) is 0 Å².